The largest absolute Gasteiger partial charge is 0.497 e. The number of ether oxygens (including phenoxy) is 3. The monoisotopic (exact) mass is 285 g/mol. The highest BCUT2D eigenvalue weighted by molar-refractivity contribution is 5.52. The van der Waals surface area contributed by atoms with Gasteiger partial charge in [0.1, 0.15) is 17.2 Å². The molecule has 0 saturated carbocycles. The Morgan fingerprint density at radius 3 is 2.67 bits per heavy atom. The number of benzene rings is 2. The topological polar surface area (TPSA) is 39.7 Å². The van der Waals surface area contributed by atoms with Crippen molar-refractivity contribution in [3.05, 3.63) is 48.0 Å². The van der Waals surface area contributed by atoms with Crippen molar-refractivity contribution in [2.45, 2.75) is 12.5 Å². The van der Waals surface area contributed by atoms with Gasteiger partial charge >= 0.3 is 0 Å². The highest BCUT2D eigenvalue weighted by atomic mass is 16.5. The Morgan fingerprint density at radius 1 is 1.05 bits per heavy atom. The first-order valence-corrected chi connectivity index (χ1v) is 7.01. The van der Waals surface area contributed by atoms with Crippen molar-refractivity contribution in [1.82, 2.24) is 0 Å². The van der Waals surface area contributed by atoms with Crippen LogP contribution in [-0.4, -0.2) is 20.8 Å². The Bertz CT molecular complexity index is 627. The van der Waals surface area contributed by atoms with Crippen molar-refractivity contribution in [1.29, 1.82) is 0 Å². The highest BCUT2D eigenvalue weighted by Crippen LogP contribution is 2.37. The minimum atomic E-state index is 0.205. The van der Waals surface area contributed by atoms with Gasteiger partial charge in [0.2, 0.25) is 0 Å². The van der Waals surface area contributed by atoms with E-state index in [0.717, 1.165) is 34.9 Å². The molecular weight excluding hydrogens is 266 g/mol. The second-order valence-corrected chi connectivity index (χ2v) is 4.97. The number of nitrogens with one attached hydrogen (secondary N) is 1. The molecule has 0 fully saturated rings. The summed E-state index contributed by atoms with van der Waals surface area (Å²) in [4.78, 5) is 0. The van der Waals surface area contributed by atoms with Gasteiger partial charge in [-0.2, -0.15) is 0 Å². The zero-order valence-electron chi connectivity index (χ0n) is 12.3. The minimum absolute atomic E-state index is 0.205. The number of hydrogen-bond donors (Lipinski definition) is 1. The van der Waals surface area contributed by atoms with Crippen LogP contribution in [-0.2, 0) is 0 Å². The fourth-order valence-electron chi connectivity index (χ4n) is 2.56. The molecule has 0 radical (unpaired) electrons. The maximum Gasteiger partial charge on any atom is 0.124 e. The summed E-state index contributed by atoms with van der Waals surface area (Å²) >= 11 is 0. The van der Waals surface area contributed by atoms with E-state index in [1.807, 2.05) is 42.5 Å². The molecule has 21 heavy (non-hydrogen) atoms. The molecule has 0 aliphatic carbocycles. The molecule has 0 aromatic heterocycles. The van der Waals surface area contributed by atoms with Crippen molar-refractivity contribution >= 4 is 5.69 Å². The third-order valence-corrected chi connectivity index (χ3v) is 3.67. The molecule has 2 aromatic carbocycles. The Kier molecular flexibility index (Phi) is 3.86. The average Bonchev–Trinajstić information content (AvgIpc) is 2.55. The van der Waals surface area contributed by atoms with E-state index in [1.165, 1.54) is 0 Å². The first-order chi connectivity index (χ1) is 10.3. The van der Waals surface area contributed by atoms with Crippen LogP contribution in [0.4, 0.5) is 5.69 Å². The second-order valence-electron chi connectivity index (χ2n) is 4.97. The number of rotatable bonds is 4. The van der Waals surface area contributed by atoms with Crippen LogP contribution in [0.1, 0.15) is 18.0 Å². The summed E-state index contributed by atoms with van der Waals surface area (Å²) in [6.45, 7) is 0.709. The van der Waals surface area contributed by atoms with E-state index in [2.05, 4.69) is 5.32 Å². The predicted octanol–water partition coefficient (Wildman–Crippen LogP) is 3.64. The standard InChI is InChI=1S/C17H19NO3/c1-19-13-5-3-4-12(10-13)18-16-8-9-21-17-7-6-14(20-2)11-15(16)17/h3-7,10-11,16,18H,8-9H2,1-2H3. The minimum Gasteiger partial charge on any atom is -0.497 e. The summed E-state index contributed by atoms with van der Waals surface area (Å²) < 4.78 is 16.3. The van der Waals surface area contributed by atoms with Gasteiger partial charge < -0.3 is 19.5 Å². The molecule has 3 rings (SSSR count). The average molecular weight is 285 g/mol. The Labute approximate surface area is 124 Å². The summed E-state index contributed by atoms with van der Waals surface area (Å²) in [5, 5.41) is 3.55. The molecule has 1 N–H and O–H groups in total. The summed E-state index contributed by atoms with van der Waals surface area (Å²) in [7, 11) is 3.35. The molecule has 2 aromatic rings. The normalized spacial score (nSPS) is 16.6. The van der Waals surface area contributed by atoms with Crippen LogP contribution in [0.15, 0.2) is 42.5 Å². The van der Waals surface area contributed by atoms with Crippen molar-refractivity contribution in [2.75, 3.05) is 26.1 Å². The number of anilines is 1. The van der Waals surface area contributed by atoms with Gasteiger partial charge in [0.25, 0.3) is 0 Å². The van der Waals surface area contributed by atoms with E-state index in [-0.39, 0.29) is 6.04 Å². The zero-order chi connectivity index (χ0) is 14.7. The Morgan fingerprint density at radius 2 is 1.86 bits per heavy atom. The fourth-order valence-corrected chi connectivity index (χ4v) is 2.56. The van der Waals surface area contributed by atoms with Crippen molar-refractivity contribution in [3.63, 3.8) is 0 Å². The van der Waals surface area contributed by atoms with E-state index in [9.17, 15) is 0 Å². The first kappa shape index (κ1) is 13.6. The molecule has 4 heteroatoms. The van der Waals surface area contributed by atoms with Crippen molar-refractivity contribution in [3.8, 4) is 17.2 Å². The molecule has 110 valence electrons. The van der Waals surface area contributed by atoms with E-state index < -0.39 is 0 Å². The van der Waals surface area contributed by atoms with Crippen LogP contribution >= 0.6 is 0 Å². The molecule has 0 bridgehead atoms. The molecule has 0 amide bonds. The van der Waals surface area contributed by atoms with E-state index in [1.54, 1.807) is 14.2 Å². The molecule has 0 saturated heterocycles. The van der Waals surface area contributed by atoms with Crippen LogP contribution in [0.25, 0.3) is 0 Å². The van der Waals surface area contributed by atoms with Gasteiger partial charge in [-0.15, -0.1) is 0 Å². The quantitative estimate of drug-likeness (QED) is 0.931. The maximum atomic E-state index is 5.72. The van der Waals surface area contributed by atoms with Crippen LogP contribution in [0.3, 0.4) is 0 Å². The third kappa shape index (κ3) is 2.89. The molecule has 1 heterocycles. The smallest absolute Gasteiger partial charge is 0.124 e. The van der Waals surface area contributed by atoms with Gasteiger partial charge in [-0.3, -0.25) is 0 Å². The SMILES string of the molecule is COc1cccc(NC2CCOc3ccc(OC)cc32)c1. The van der Waals surface area contributed by atoms with E-state index in [4.69, 9.17) is 14.2 Å². The van der Waals surface area contributed by atoms with Crippen LogP contribution in [0.5, 0.6) is 17.2 Å². The van der Waals surface area contributed by atoms with Crippen LogP contribution < -0.4 is 19.5 Å². The molecule has 1 atom stereocenters. The zero-order valence-corrected chi connectivity index (χ0v) is 12.3. The van der Waals surface area contributed by atoms with Crippen LogP contribution in [0, 0.1) is 0 Å². The lowest BCUT2D eigenvalue weighted by Gasteiger charge is -2.28. The lowest BCUT2D eigenvalue weighted by molar-refractivity contribution is 0.273. The summed E-state index contributed by atoms with van der Waals surface area (Å²) in [6.07, 6.45) is 0.914. The van der Waals surface area contributed by atoms with Crippen molar-refractivity contribution < 1.29 is 14.2 Å². The van der Waals surface area contributed by atoms with Gasteiger partial charge in [0.15, 0.2) is 0 Å². The first-order valence-electron chi connectivity index (χ1n) is 7.01. The summed E-state index contributed by atoms with van der Waals surface area (Å²) in [5.41, 5.74) is 2.17. The summed E-state index contributed by atoms with van der Waals surface area (Å²) in [6, 6.07) is 14.1. The highest BCUT2D eigenvalue weighted by Gasteiger charge is 2.22. The second kappa shape index (κ2) is 5.95. The van der Waals surface area contributed by atoms with Gasteiger partial charge in [0, 0.05) is 23.7 Å². The van der Waals surface area contributed by atoms with E-state index >= 15 is 0 Å². The lowest BCUT2D eigenvalue weighted by atomic mass is 10.00. The number of hydrogen-bond acceptors (Lipinski definition) is 4. The fraction of sp³-hybridized carbons (Fsp3) is 0.294. The summed E-state index contributed by atoms with van der Waals surface area (Å²) in [5.74, 6) is 2.61. The molecule has 1 unspecified atom stereocenters. The Hall–Kier alpha value is -2.36. The van der Waals surface area contributed by atoms with Gasteiger partial charge in [0.05, 0.1) is 26.9 Å². The predicted molar refractivity (Wildman–Crippen MR) is 82.5 cm³/mol. The Balaban J connectivity index is 1.87. The third-order valence-electron chi connectivity index (χ3n) is 3.67. The molecule has 1 aliphatic heterocycles. The number of methoxy groups -OCH3 is 2. The van der Waals surface area contributed by atoms with Gasteiger partial charge in [-0.25, -0.2) is 0 Å². The molecular formula is C17H19NO3. The van der Waals surface area contributed by atoms with E-state index in [0.29, 0.717) is 6.61 Å². The molecule has 4 nitrogen and oxygen atoms in total. The van der Waals surface area contributed by atoms with Gasteiger partial charge in [-0.05, 0) is 30.3 Å². The molecule has 0 spiro atoms. The van der Waals surface area contributed by atoms with Gasteiger partial charge in [-0.1, -0.05) is 6.07 Å². The van der Waals surface area contributed by atoms with Crippen molar-refractivity contribution in [2.24, 2.45) is 0 Å². The number of fused-ring (bicyclic) bond motifs is 1. The lowest BCUT2D eigenvalue weighted by Crippen LogP contribution is -2.20. The maximum absolute atomic E-state index is 5.72. The molecule has 1 aliphatic rings. The van der Waals surface area contributed by atoms with Crippen LogP contribution in [0.2, 0.25) is 0 Å².